The summed E-state index contributed by atoms with van der Waals surface area (Å²) in [5, 5.41) is 2.83. The van der Waals surface area contributed by atoms with E-state index >= 15 is 0 Å². The predicted molar refractivity (Wildman–Crippen MR) is 119 cm³/mol. The number of rotatable bonds is 8. The smallest absolute Gasteiger partial charge is 0.242 e. The fourth-order valence-corrected chi connectivity index (χ4v) is 3.25. The van der Waals surface area contributed by atoms with Crippen molar-refractivity contribution in [1.29, 1.82) is 0 Å². The number of hydrogen-bond donors (Lipinski definition) is 1. The van der Waals surface area contributed by atoms with Crippen molar-refractivity contribution < 1.29 is 9.59 Å². The Balaban J connectivity index is 2.08. The molecule has 1 N–H and O–H groups in total. The zero-order chi connectivity index (χ0) is 21.4. The zero-order valence-corrected chi connectivity index (χ0v) is 18.4. The standard InChI is InChI=1S/C25H34N2O2/c1-6-26-24(29)19(2)27(18-21-10-8-7-9-11-21)23(28)17-14-20-12-15-22(16-13-20)25(3,4)5/h7-13,15-16,19H,6,14,17-18H2,1-5H3,(H,26,29)/t19-/m1/s1. The Morgan fingerprint density at radius 1 is 0.966 bits per heavy atom. The van der Waals surface area contributed by atoms with E-state index in [4.69, 9.17) is 0 Å². The normalized spacial score (nSPS) is 12.3. The molecule has 2 rings (SSSR count). The second-order valence-corrected chi connectivity index (χ2v) is 8.52. The fourth-order valence-electron chi connectivity index (χ4n) is 3.25. The Bertz CT molecular complexity index is 792. The number of carbonyl (C=O) groups is 2. The summed E-state index contributed by atoms with van der Waals surface area (Å²) in [5.41, 5.74) is 3.55. The third-order valence-electron chi connectivity index (χ3n) is 5.16. The van der Waals surface area contributed by atoms with Gasteiger partial charge in [0.05, 0.1) is 0 Å². The van der Waals surface area contributed by atoms with E-state index in [1.807, 2.05) is 37.3 Å². The fraction of sp³-hybridized carbons (Fsp3) is 0.440. The summed E-state index contributed by atoms with van der Waals surface area (Å²) in [5.74, 6) is -0.126. The number of likely N-dealkylation sites (N-methyl/N-ethyl adjacent to an activating group) is 1. The van der Waals surface area contributed by atoms with E-state index < -0.39 is 6.04 Å². The molecular weight excluding hydrogens is 360 g/mol. The summed E-state index contributed by atoms with van der Waals surface area (Å²) in [7, 11) is 0. The van der Waals surface area contributed by atoms with Gasteiger partial charge in [-0.15, -0.1) is 0 Å². The summed E-state index contributed by atoms with van der Waals surface area (Å²) in [6, 6.07) is 17.8. The molecule has 0 radical (unpaired) electrons. The maximum absolute atomic E-state index is 13.0. The Labute approximate surface area is 175 Å². The van der Waals surface area contributed by atoms with Crippen LogP contribution in [0.3, 0.4) is 0 Å². The van der Waals surface area contributed by atoms with Gasteiger partial charge in [-0.25, -0.2) is 0 Å². The van der Waals surface area contributed by atoms with E-state index in [0.717, 1.165) is 11.1 Å². The van der Waals surface area contributed by atoms with Crippen LogP contribution in [0.5, 0.6) is 0 Å². The van der Waals surface area contributed by atoms with E-state index in [1.165, 1.54) is 5.56 Å². The van der Waals surface area contributed by atoms with Gasteiger partial charge in [-0.1, -0.05) is 75.4 Å². The highest BCUT2D eigenvalue weighted by atomic mass is 16.2. The van der Waals surface area contributed by atoms with Crippen LogP contribution >= 0.6 is 0 Å². The van der Waals surface area contributed by atoms with Crippen LogP contribution in [0.25, 0.3) is 0 Å². The summed E-state index contributed by atoms with van der Waals surface area (Å²) in [6.45, 7) is 11.2. The van der Waals surface area contributed by atoms with Gasteiger partial charge in [0.2, 0.25) is 11.8 Å². The number of benzene rings is 2. The van der Waals surface area contributed by atoms with Crippen molar-refractivity contribution >= 4 is 11.8 Å². The minimum atomic E-state index is -0.508. The summed E-state index contributed by atoms with van der Waals surface area (Å²) in [6.07, 6.45) is 1.04. The van der Waals surface area contributed by atoms with Gasteiger partial charge in [-0.2, -0.15) is 0 Å². The maximum Gasteiger partial charge on any atom is 0.242 e. The molecule has 0 saturated heterocycles. The van der Waals surface area contributed by atoms with Crippen molar-refractivity contribution in [2.45, 2.75) is 65.5 Å². The maximum atomic E-state index is 13.0. The van der Waals surface area contributed by atoms with Crippen molar-refractivity contribution in [2.75, 3.05) is 6.54 Å². The molecule has 0 unspecified atom stereocenters. The largest absolute Gasteiger partial charge is 0.355 e. The van der Waals surface area contributed by atoms with Gasteiger partial charge >= 0.3 is 0 Å². The first-order chi connectivity index (χ1) is 13.7. The SMILES string of the molecule is CCNC(=O)[C@@H](C)N(Cc1ccccc1)C(=O)CCc1ccc(C(C)(C)C)cc1. The van der Waals surface area contributed by atoms with E-state index in [0.29, 0.717) is 25.9 Å². The van der Waals surface area contributed by atoms with Gasteiger partial charge in [-0.3, -0.25) is 9.59 Å². The Morgan fingerprint density at radius 3 is 2.14 bits per heavy atom. The lowest BCUT2D eigenvalue weighted by Crippen LogP contribution is -2.47. The predicted octanol–water partition coefficient (Wildman–Crippen LogP) is 4.47. The Morgan fingerprint density at radius 2 is 1.59 bits per heavy atom. The van der Waals surface area contributed by atoms with E-state index in [9.17, 15) is 9.59 Å². The van der Waals surface area contributed by atoms with Crippen molar-refractivity contribution in [1.82, 2.24) is 10.2 Å². The first kappa shape index (κ1) is 22.7. The molecule has 0 aromatic heterocycles. The monoisotopic (exact) mass is 394 g/mol. The quantitative estimate of drug-likeness (QED) is 0.718. The van der Waals surface area contributed by atoms with Crippen LogP contribution in [-0.2, 0) is 28.0 Å². The van der Waals surface area contributed by atoms with Crippen molar-refractivity contribution in [3.8, 4) is 0 Å². The highest BCUT2D eigenvalue weighted by molar-refractivity contribution is 5.87. The average Bonchev–Trinajstić information content (AvgIpc) is 2.70. The number of amides is 2. The molecule has 0 fully saturated rings. The van der Waals surface area contributed by atoms with Crippen LogP contribution in [0.2, 0.25) is 0 Å². The zero-order valence-electron chi connectivity index (χ0n) is 18.4. The van der Waals surface area contributed by atoms with Gasteiger partial charge in [0, 0.05) is 19.5 Å². The van der Waals surface area contributed by atoms with Gasteiger partial charge in [0.25, 0.3) is 0 Å². The van der Waals surface area contributed by atoms with Crippen molar-refractivity contribution in [2.24, 2.45) is 0 Å². The molecule has 0 bridgehead atoms. The number of carbonyl (C=O) groups excluding carboxylic acids is 2. The summed E-state index contributed by atoms with van der Waals surface area (Å²) >= 11 is 0. The molecular formula is C25H34N2O2. The molecule has 2 amide bonds. The second-order valence-electron chi connectivity index (χ2n) is 8.52. The highest BCUT2D eigenvalue weighted by Crippen LogP contribution is 2.22. The third kappa shape index (κ3) is 6.74. The third-order valence-corrected chi connectivity index (χ3v) is 5.16. The molecule has 0 aliphatic rings. The number of nitrogens with zero attached hydrogens (tertiary/aromatic N) is 1. The molecule has 156 valence electrons. The Kier molecular flexibility index (Phi) is 8.00. The van der Waals surface area contributed by atoms with Crippen LogP contribution in [-0.4, -0.2) is 29.3 Å². The second kappa shape index (κ2) is 10.2. The average molecular weight is 395 g/mol. The first-order valence-electron chi connectivity index (χ1n) is 10.4. The lowest BCUT2D eigenvalue weighted by Gasteiger charge is -2.29. The molecule has 4 nitrogen and oxygen atoms in total. The number of nitrogens with one attached hydrogen (secondary N) is 1. The van der Waals surface area contributed by atoms with Crippen molar-refractivity contribution in [3.05, 3.63) is 71.3 Å². The highest BCUT2D eigenvalue weighted by Gasteiger charge is 2.25. The summed E-state index contributed by atoms with van der Waals surface area (Å²) < 4.78 is 0. The Hall–Kier alpha value is -2.62. The molecule has 0 heterocycles. The molecule has 0 aliphatic carbocycles. The van der Waals surface area contributed by atoms with Gasteiger partial charge in [0.1, 0.15) is 6.04 Å². The molecule has 0 spiro atoms. The van der Waals surface area contributed by atoms with Gasteiger partial charge in [0.15, 0.2) is 0 Å². The van der Waals surface area contributed by atoms with Crippen LogP contribution in [0.1, 0.15) is 57.7 Å². The lowest BCUT2D eigenvalue weighted by atomic mass is 9.86. The van der Waals surface area contributed by atoms with Crippen LogP contribution in [0.15, 0.2) is 54.6 Å². The topological polar surface area (TPSA) is 49.4 Å². The molecule has 2 aromatic rings. The number of hydrogen-bond acceptors (Lipinski definition) is 2. The lowest BCUT2D eigenvalue weighted by molar-refractivity contribution is -0.140. The summed E-state index contributed by atoms with van der Waals surface area (Å²) in [4.78, 5) is 27.1. The minimum Gasteiger partial charge on any atom is -0.355 e. The first-order valence-corrected chi connectivity index (χ1v) is 10.4. The molecule has 0 saturated carbocycles. The van der Waals surface area contributed by atoms with Crippen LogP contribution in [0, 0.1) is 0 Å². The molecule has 1 atom stereocenters. The molecule has 2 aromatic carbocycles. The van der Waals surface area contributed by atoms with Crippen molar-refractivity contribution in [3.63, 3.8) is 0 Å². The van der Waals surface area contributed by atoms with Crippen LogP contribution < -0.4 is 5.32 Å². The molecule has 4 heteroatoms. The molecule has 29 heavy (non-hydrogen) atoms. The van der Waals surface area contributed by atoms with E-state index in [2.05, 4.69) is 50.4 Å². The molecule has 0 aliphatic heterocycles. The minimum absolute atomic E-state index is 0.00694. The van der Waals surface area contributed by atoms with Gasteiger partial charge in [-0.05, 0) is 42.4 Å². The van der Waals surface area contributed by atoms with Crippen LogP contribution in [0.4, 0.5) is 0 Å². The van der Waals surface area contributed by atoms with Gasteiger partial charge < -0.3 is 10.2 Å². The van der Waals surface area contributed by atoms with E-state index in [-0.39, 0.29) is 17.2 Å². The number of aryl methyl sites for hydroxylation is 1. The van der Waals surface area contributed by atoms with E-state index in [1.54, 1.807) is 11.8 Å².